The normalized spacial score (nSPS) is 16.6. The molecule has 0 bridgehead atoms. The molecule has 6 heteroatoms. The highest BCUT2D eigenvalue weighted by atomic mass is 16.3. The van der Waals surface area contributed by atoms with Crippen molar-refractivity contribution < 1.29 is 9.90 Å². The molecular weight excluding hydrogens is 354 g/mol. The van der Waals surface area contributed by atoms with Gasteiger partial charge in [-0.25, -0.2) is 4.98 Å². The molecule has 1 N–H and O–H groups in total. The van der Waals surface area contributed by atoms with Crippen LogP contribution in [0.5, 0.6) is 0 Å². The molecule has 28 heavy (non-hydrogen) atoms. The van der Waals surface area contributed by atoms with Crippen molar-refractivity contribution >= 4 is 16.9 Å². The number of nitrogens with zero attached hydrogens (tertiary/aromatic N) is 3. The zero-order valence-electron chi connectivity index (χ0n) is 15.8. The Balaban J connectivity index is 1.51. The van der Waals surface area contributed by atoms with Gasteiger partial charge in [0.2, 0.25) is 0 Å². The van der Waals surface area contributed by atoms with E-state index in [4.69, 9.17) is 5.11 Å². The number of aryl methyl sites for hydroxylation is 1. The highest BCUT2D eigenvalue weighted by Gasteiger charge is 2.29. The molecule has 1 aliphatic rings. The van der Waals surface area contributed by atoms with Crippen LogP contribution in [-0.2, 0) is 20.1 Å². The van der Waals surface area contributed by atoms with Crippen molar-refractivity contribution in [3.63, 3.8) is 0 Å². The number of carbonyl (C=O) groups excluding carboxylic acids is 1. The summed E-state index contributed by atoms with van der Waals surface area (Å²) in [4.78, 5) is 31.7. The Morgan fingerprint density at radius 3 is 2.61 bits per heavy atom. The number of fused-ring (bicyclic) bond motifs is 1. The smallest absolute Gasteiger partial charge is 0.282 e. The van der Waals surface area contributed by atoms with Crippen LogP contribution >= 0.6 is 0 Å². The molecule has 1 aromatic heterocycles. The predicted octanol–water partition coefficient (Wildman–Crippen LogP) is 2.13. The molecule has 1 aliphatic heterocycles. The van der Waals surface area contributed by atoms with Crippen LogP contribution in [0.15, 0.2) is 53.3 Å². The molecule has 0 aliphatic carbocycles. The summed E-state index contributed by atoms with van der Waals surface area (Å²) in [6, 6.07) is 15.2. The maximum atomic E-state index is 13.0. The maximum absolute atomic E-state index is 13.0. The first-order valence-corrected chi connectivity index (χ1v) is 9.50. The van der Waals surface area contributed by atoms with Gasteiger partial charge in [-0.3, -0.25) is 9.59 Å². The molecule has 1 saturated heterocycles. The lowest BCUT2D eigenvalue weighted by atomic mass is 9.98. The van der Waals surface area contributed by atoms with Crippen LogP contribution in [0.2, 0.25) is 0 Å². The van der Waals surface area contributed by atoms with Crippen LogP contribution < -0.4 is 5.56 Å². The SMILES string of the molecule is Cn1c(=O)c(C(=O)N2CC[C@H](Cc3ccc(CO)cc3)C2)nc2ccccc21. The van der Waals surface area contributed by atoms with E-state index in [0.717, 1.165) is 23.9 Å². The average Bonchev–Trinajstić information content (AvgIpc) is 3.19. The van der Waals surface area contributed by atoms with Crippen molar-refractivity contribution in [3.8, 4) is 0 Å². The molecule has 2 aromatic carbocycles. The number of hydrogen-bond donors (Lipinski definition) is 1. The van der Waals surface area contributed by atoms with Crippen molar-refractivity contribution in [1.82, 2.24) is 14.5 Å². The van der Waals surface area contributed by atoms with Crippen LogP contribution in [0.3, 0.4) is 0 Å². The number of aromatic nitrogens is 2. The largest absolute Gasteiger partial charge is 0.392 e. The molecule has 1 atom stereocenters. The Bertz CT molecular complexity index is 1070. The maximum Gasteiger partial charge on any atom is 0.282 e. The van der Waals surface area contributed by atoms with Crippen molar-refractivity contribution in [2.45, 2.75) is 19.4 Å². The lowest BCUT2D eigenvalue weighted by Crippen LogP contribution is -2.36. The van der Waals surface area contributed by atoms with E-state index in [0.29, 0.717) is 24.5 Å². The first-order chi connectivity index (χ1) is 13.6. The summed E-state index contributed by atoms with van der Waals surface area (Å²) in [6.45, 7) is 1.30. The molecule has 4 rings (SSSR count). The van der Waals surface area contributed by atoms with Gasteiger partial charge in [0.05, 0.1) is 17.6 Å². The van der Waals surface area contributed by atoms with Crippen LogP contribution in [0.1, 0.15) is 28.0 Å². The predicted molar refractivity (Wildman–Crippen MR) is 107 cm³/mol. The van der Waals surface area contributed by atoms with Crippen molar-refractivity contribution in [3.05, 3.63) is 75.7 Å². The Morgan fingerprint density at radius 1 is 1.14 bits per heavy atom. The first kappa shape index (κ1) is 18.4. The number of likely N-dealkylation sites (tertiary alicyclic amines) is 1. The monoisotopic (exact) mass is 377 g/mol. The minimum Gasteiger partial charge on any atom is -0.392 e. The molecule has 0 saturated carbocycles. The van der Waals surface area contributed by atoms with Gasteiger partial charge in [0.25, 0.3) is 11.5 Å². The van der Waals surface area contributed by atoms with E-state index < -0.39 is 0 Å². The average molecular weight is 377 g/mol. The highest BCUT2D eigenvalue weighted by Crippen LogP contribution is 2.22. The van der Waals surface area contributed by atoms with Crippen molar-refractivity contribution in [2.75, 3.05) is 13.1 Å². The van der Waals surface area contributed by atoms with Gasteiger partial charge in [0, 0.05) is 20.1 Å². The van der Waals surface area contributed by atoms with E-state index in [1.165, 1.54) is 10.1 Å². The van der Waals surface area contributed by atoms with Gasteiger partial charge in [-0.1, -0.05) is 36.4 Å². The van der Waals surface area contributed by atoms with E-state index in [1.807, 2.05) is 48.5 Å². The number of amides is 1. The fourth-order valence-electron chi connectivity index (χ4n) is 3.87. The summed E-state index contributed by atoms with van der Waals surface area (Å²) in [7, 11) is 1.67. The van der Waals surface area contributed by atoms with Crippen LogP contribution in [0, 0.1) is 5.92 Å². The highest BCUT2D eigenvalue weighted by molar-refractivity contribution is 5.94. The molecule has 1 fully saturated rings. The molecule has 144 valence electrons. The lowest BCUT2D eigenvalue weighted by Gasteiger charge is -2.17. The van der Waals surface area contributed by atoms with Gasteiger partial charge in [-0.15, -0.1) is 0 Å². The summed E-state index contributed by atoms with van der Waals surface area (Å²) in [6.07, 6.45) is 1.78. The van der Waals surface area contributed by atoms with Gasteiger partial charge in [-0.05, 0) is 42.0 Å². The summed E-state index contributed by atoms with van der Waals surface area (Å²) >= 11 is 0. The number of para-hydroxylation sites is 2. The van der Waals surface area contributed by atoms with E-state index in [-0.39, 0.29) is 23.8 Å². The summed E-state index contributed by atoms with van der Waals surface area (Å²) < 4.78 is 1.49. The fourth-order valence-corrected chi connectivity index (χ4v) is 3.87. The zero-order chi connectivity index (χ0) is 19.7. The van der Waals surface area contributed by atoms with E-state index in [9.17, 15) is 9.59 Å². The number of rotatable bonds is 4. The zero-order valence-corrected chi connectivity index (χ0v) is 15.8. The molecule has 3 aromatic rings. The number of aliphatic hydroxyl groups is 1. The van der Waals surface area contributed by atoms with Gasteiger partial charge in [0.15, 0.2) is 5.69 Å². The standard InChI is InChI=1S/C22H23N3O3/c1-24-19-5-3-2-4-18(19)23-20(21(24)27)22(28)25-11-10-17(13-25)12-15-6-8-16(14-26)9-7-15/h2-9,17,26H,10-14H2,1H3/t17-/m1/s1. The fraction of sp³-hybridized carbons (Fsp3) is 0.318. The quantitative estimate of drug-likeness (QED) is 0.756. The third-order valence-electron chi connectivity index (χ3n) is 5.49. The van der Waals surface area contributed by atoms with Gasteiger partial charge in [-0.2, -0.15) is 0 Å². The third kappa shape index (κ3) is 3.43. The second-order valence-corrected chi connectivity index (χ2v) is 7.40. The summed E-state index contributed by atoms with van der Waals surface area (Å²) in [5.41, 5.74) is 3.09. The third-order valence-corrected chi connectivity index (χ3v) is 5.49. The lowest BCUT2D eigenvalue weighted by molar-refractivity contribution is 0.0779. The second kappa shape index (κ2) is 7.56. The molecule has 0 radical (unpaired) electrons. The minimum absolute atomic E-state index is 0.00542. The van der Waals surface area contributed by atoms with E-state index in [2.05, 4.69) is 4.98 Å². The summed E-state index contributed by atoms with van der Waals surface area (Å²) in [5.74, 6) is 0.0673. The Hall–Kier alpha value is -2.99. The Kier molecular flexibility index (Phi) is 4.96. The number of hydrogen-bond acceptors (Lipinski definition) is 4. The van der Waals surface area contributed by atoms with Gasteiger partial charge >= 0.3 is 0 Å². The van der Waals surface area contributed by atoms with E-state index in [1.54, 1.807) is 11.9 Å². The van der Waals surface area contributed by atoms with Crippen molar-refractivity contribution in [1.29, 1.82) is 0 Å². The molecule has 2 heterocycles. The van der Waals surface area contributed by atoms with Gasteiger partial charge < -0.3 is 14.6 Å². The Labute approximate surface area is 163 Å². The second-order valence-electron chi connectivity index (χ2n) is 7.40. The van der Waals surface area contributed by atoms with Crippen LogP contribution in [0.25, 0.3) is 11.0 Å². The molecular formula is C22H23N3O3. The van der Waals surface area contributed by atoms with Crippen LogP contribution in [-0.4, -0.2) is 38.6 Å². The van der Waals surface area contributed by atoms with Crippen LogP contribution in [0.4, 0.5) is 0 Å². The number of benzene rings is 2. The number of carbonyl (C=O) groups is 1. The first-order valence-electron chi connectivity index (χ1n) is 9.50. The summed E-state index contributed by atoms with van der Waals surface area (Å²) in [5, 5.41) is 9.15. The Morgan fingerprint density at radius 2 is 1.86 bits per heavy atom. The van der Waals surface area contributed by atoms with Gasteiger partial charge in [0.1, 0.15) is 0 Å². The molecule has 6 nitrogen and oxygen atoms in total. The van der Waals surface area contributed by atoms with E-state index >= 15 is 0 Å². The minimum atomic E-state index is -0.355. The topological polar surface area (TPSA) is 75.4 Å². The number of aliphatic hydroxyl groups excluding tert-OH is 1. The van der Waals surface area contributed by atoms with Crippen molar-refractivity contribution in [2.24, 2.45) is 13.0 Å². The molecule has 1 amide bonds. The molecule has 0 spiro atoms. The molecule has 0 unspecified atom stereocenters.